The molecule has 1 aliphatic carbocycles. The van der Waals surface area contributed by atoms with E-state index in [1.54, 1.807) is 23.1 Å². The van der Waals surface area contributed by atoms with Crippen LogP contribution >= 0.6 is 23.2 Å². The maximum atomic E-state index is 13.6. The number of rotatable bonds is 4. The number of hydrogen-bond acceptors (Lipinski definition) is 4. The first kappa shape index (κ1) is 21.9. The zero-order valence-corrected chi connectivity index (χ0v) is 18.7. The fourth-order valence-electron chi connectivity index (χ4n) is 4.69. The number of halogens is 2. The minimum Gasteiger partial charge on any atom is -0.376 e. The molecule has 1 saturated carbocycles. The molecule has 0 bridgehead atoms. The highest BCUT2D eigenvalue weighted by atomic mass is 35.5. The predicted octanol–water partition coefficient (Wildman–Crippen LogP) is 4.04. The Morgan fingerprint density at radius 2 is 1.97 bits per heavy atom. The Morgan fingerprint density at radius 1 is 1.20 bits per heavy atom. The fraction of sp³-hybridized carbons (Fsp3) is 0.636. The molecule has 2 saturated heterocycles. The summed E-state index contributed by atoms with van der Waals surface area (Å²) < 4.78 is 11.8. The van der Waals surface area contributed by atoms with Crippen LogP contribution in [0.2, 0.25) is 10.0 Å². The third-order valence-corrected chi connectivity index (χ3v) is 7.27. The highest BCUT2D eigenvalue weighted by Gasteiger charge is 2.53. The van der Waals surface area contributed by atoms with Crippen LogP contribution in [0.3, 0.4) is 0 Å². The molecule has 1 aromatic carbocycles. The second-order valence-corrected chi connectivity index (χ2v) is 9.45. The molecule has 30 heavy (non-hydrogen) atoms. The van der Waals surface area contributed by atoms with Gasteiger partial charge in [0.1, 0.15) is 11.8 Å². The summed E-state index contributed by atoms with van der Waals surface area (Å²) in [5, 5.41) is 3.67. The molecule has 0 radical (unpaired) electrons. The summed E-state index contributed by atoms with van der Waals surface area (Å²) >= 11 is 12.2. The van der Waals surface area contributed by atoms with Gasteiger partial charge in [0.05, 0.1) is 22.8 Å². The molecule has 0 aromatic heterocycles. The Kier molecular flexibility index (Phi) is 6.58. The normalized spacial score (nSPS) is 31.3. The summed E-state index contributed by atoms with van der Waals surface area (Å²) in [6.45, 7) is 3.59. The number of hydrogen-bond donors (Lipinski definition) is 1. The van der Waals surface area contributed by atoms with Crippen molar-refractivity contribution in [3.8, 4) is 0 Å². The molecule has 6 nitrogen and oxygen atoms in total. The SMILES string of the molecule is CC1CCC2(CC1)OC[C@@H](C(=O)NC[C@@H]1CCCO1)N2C(=O)c1ccc(Cl)c(Cl)c1. The molecule has 164 valence electrons. The molecule has 2 amide bonds. The van der Waals surface area contributed by atoms with Crippen LogP contribution in [0.5, 0.6) is 0 Å². The molecule has 2 aliphatic heterocycles. The summed E-state index contributed by atoms with van der Waals surface area (Å²) in [7, 11) is 0. The minimum absolute atomic E-state index is 0.0417. The van der Waals surface area contributed by atoms with Crippen LogP contribution in [0.25, 0.3) is 0 Å². The van der Waals surface area contributed by atoms with Gasteiger partial charge in [-0.1, -0.05) is 30.1 Å². The van der Waals surface area contributed by atoms with Crippen molar-refractivity contribution in [3.63, 3.8) is 0 Å². The predicted molar refractivity (Wildman–Crippen MR) is 115 cm³/mol. The maximum absolute atomic E-state index is 13.6. The number of amides is 2. The topological polar surface area (TPSA) is 67.9 Å². The summed E-state index contributed by atoms with van der Waals surface area (Å²) in [6.07, 6.45) is 5.34. The van der Waals surface area contributed by atoms with Crippen molar-refractivity contribution in [1.82, 2.24) is 10.2 Å². The lowest BCUT2D eigenvalue weighted by atomic mass is 9.83. The average molecular weight is 455 g/mol. The molecule has 3 aliphatic rings. The van der Waals surface area contributed by atoms with Crippen molar-refractivity contribution in [2.24, 2.45) is 5.92 Å². The molecule has 8 heteroatoms. The van der Waals surface area contributed by atoms with Crippen molar-refractivity contribution in [1.29, 1.82) is 0 Å². The standard InChI is InChI=1S/C22H28Cl2N2O4/c1-14-6-8-22(9-7-14)26(21(28)15-4-5-17(23)18(24)11-15)19(13-30-22)20(27)25-12-16-3-2-10-29-16/h4-5,11,14,16,19H,2-3,6-10,12-13H2,1H3,(H,25,27)/t14?,16-,19-,22?/m0/s1. The molecule has 1 aromatic rings. The highest BCUT2D eigenvalue weighted by Crippen LogP contribution is 2.43. The Bertz CT molecular complexity index is 804. The summed E-state index contributed by atoms with van der Waals surface area (Å²) in [4.78, 5) is 28.3. The van der Waals surface area contributed by atoms with Crippen LogP contribution in [-0.2, 0) is 14.3 Å². The largest absolute Gasteiger partial charge is 0.376 e. The molecular weight excluding hydrogens is 427 g/mol. The van der Waals surface area contributed by atoms with Gasteiger partial charge >= 0.3 is 0 Å². The lowest BCUT2D eigenvalue weighted by Crippen LogP contribution is -2.57. The van der Waals surface area contributed by atoms with Crippen molar-refractivity contribution in [2.75, 3.05) is 19.8 Å². The Hall–Kier alpha value is -1.34. The van der Waals surface area contributed by atoms with E-state index in [0.29, 0.717) is 28.1 Å². The molecule has 4 rings (SSSR count). The van der Waals surface area contributed by atoms with E-state index in [1.807, 2.05) is 0 Å². The summed E-state index contributed by atoms with van der Waals surface area (Å²) in [5.41, 5.74) is -0.341. The second kappa shape index (κ2) is 9.03. The van der Waals surface area contributed by atoms with Gasteiger partial charge in [0, 0.05) is 18.7 Å². The first-order valence-corrected chi connectivity index (χ1v) is 11.5. The van der Waals surface area contributed by atoms with Crippen molar-refractivity contribution >= 4 is 35.0 Å². The van der Waals surface area contributed by atoms with E-state index in [4.69, 9.17) is 32.7 Å². The van der Waals surface area contributed by atoms with E-state index in [1.165, 1.54) is 0 Å². The van der Waals surface area contributed by atoms with E-state index in [-0.39, 0.29) is 24.5 Å². The molecule has 2 atom stereocenters. The van der Waals surface area contributed by atoms with Gasteiger partial charge in [-0.15, -0.1) is 0 Å². The van der Waals surface area contributed by atoms with Crippen LogP contribution in [0.4, 0.5) is 0 Å². The second-order valence-electron chi connectivity index (χ2n) is 8.64. The highest BCUT2D eigenvalue weighted by molar-refractivity contribution is 6.42. The zero-order valence-electron chi connectivity index (χ0n) is 17.2. The van der Waals surface area contributed by atoms with E-state index in [0.717, 1.165) is 45.1 Å². The average Bonchev–Trinajstić information content (AvgIpc) is 3.38. The number of nitrogens with one attached hydrogen (secondary N) is 1. The number of carbonyl (C=O) groups excluding carboxylic acids is 2. The van der Waals surface area contributed by atoms with Gasteiger partial charge in [-0.25, -0.2) is 0 Å². The van der Waals surface area contributed by atoms with Gasteiger partial charge in [-0.3, -0.25) is 14.5 Å². The number of ether oxygens (including phenoxy) is 2. The molecule has 1 spiro atoms. The van der Waals surface area contributed by atoms with Crippen LogP contribution < -0.4 is 5.32 Å². The monoisotopic (exact) mass is 454 g/mol. The summed E-state index contributed by atoms with van der Waals surface area (Å²) in [6, 6.07) is 4.14. The maximum Gasteiger partial charge on any atom is 0.256 e. The van der Waals surface area contributed by atoms with Crippen LogP contribution in [0, 0.1) is 5.92 Å². The Labute approximate surface area is 187 Å². The molecule has 0 unspecified atom stereocenters. The minimum atomic E-state index is -0.748. The van der Waals surface area contributed by atoms with Gasteiger partial charge in [-0.2, -0.15) is 0 Å². The van der Waals surface area contributed by atoms with Crippen LogP contribution in [0.15, 0.2) is 18.2 Å². The van der Waals surface area contributed by atoms with Crippen LogP contribution in [0.1, 0.15) is 55.8 Å². The van der Waals surface area contributed by atoms with E-state index < -0.39 is 11.8 Å². The van der Waals surface area contributed by atoms with Gasteiger partial charge in [0.25, 0.3) is 5.91 Å². The van der Waals surface area contributed by atoms with Gasteiger partial charge in [0.2, 0.25) is 5.91 Å². The van der Waals surface area contributed by atoms with E-state index in [2.05, 4.69) is 12.2 Å². The van der Waals surface area contributed by atoms with Crippen molar-refractivity contribution < 1.29 is 19.1 Å². The number of nitrogens with zero attached hydrogens (tertiary/aromatic N) is 1. The Balaban J connectivity index is 1.57. The third-order valence-electron chi connectivity index (χ3n) is 6.53. The van der Waals surface area contributed by atoms with Crippen LogP contribution in [-0.4, -0.2) is 54.3 Å². The molecule has 2 heterocycles. The van der Waals surface area contributed by atoms with Gasteiger partial charge in [0.15, 0.2) is 0 Å². The fourth-order valence-corrected chi connectivity index (χ4v) is 4.98. The van der Waals surface area contributed by atoms with E-state index in [9.17, 15) is 9.59 Å². The van der Waals surface area contributed by atoms with Crippen molar-refractivity contribution in [3.05, 3.63) is 33.8 Å². The third kappa shape index (κ3) is 4.33. The number of carbonyl (C=O) groups is 2. The van der Waals surface area contributed by atoms with Gasteiger partial charge < -0.3 is 14.8 Å². The Morgan fingerprint density at radius 3 is 2.63 bits per heavy atom. The zero-order chi connectivity index (χ0) is 21.3. The smallest absolute Gasteiger partial charge is 0.256 e. The molecule has 1 N–H and O–H groups in total. The lowest BCUT2D eigenvalue weighted by molar-refractivity contribution is -0.128. The number of benzene rings is 1. The molecule has 3 fully saturated rings. The summed E-state index contributed by atoms with van der Waals surface area (Å²) in [5.74, 6) is 0.126. The van der Waals surface area contributed by atoms with Crippen molar-refractivity contribution in [2.45, 2.75) is 63.3 Å². The van der Waals surface area contributed by atoms with Gasteiger partial charge in [-0.05, 0) is 62.6 Å². The quantitative estimate of drug-likeness (QED) is 0.745. The lowest BCUT2D eigenvalue weighted by Gasteiger charge is -2.43. The first-order chi connectivity index (χ1) is 14.4. The van der Waals surface area contributed by atoms with E-state index >= 15 is 0 Å². The molecular formula is C22H28Cl2N2O4. The first-order valence-electron chi connectivity index (χ1n) is 10.7.